The van der Waals surface area contributed by atoms with Crippen molar-refractivity contribution in [1.29, 1.82) is 0 Å². The lowest BCUT2D eigenvalue weighted by Gasteiger charge is -2.16. The molecule has 0 amide bonds. The molecule has 6 rings (SSSR count). The number of nitrogens with zero attached hydrogens (tertiary/aromatic N) is 2. The average molecular weight is 673 g/mol. The molecule has 1 atom stereocenters. The lowest BCUT2D eigenvalue weighted by molar-refractivity contribution is -0.192. The summed E-state index contributed by atoms with van der Waals surface area (Å²) < 4.78 is 57.3. The van der Waals surface area contributed by atoms with E-state index >= 15 is 0 Å². The van der Waals surface area contributed by atoms with Crippen LogP contribution in [0.2, 0.25) is 0 Å². The van der Waals surface area contributed by atoms with Crippen LogP contribution in [0, 0.1) is 12.7 Å². The van der Waals surface area contributed by atoms with Gasteiger partial charge >= 0.3 is 12.1 Å². The fourth-order valence-electron chi connectivity index (χ4n) is 4.96. The number of carbonyl (C=O) groups is 1. The predicted molar refractivity (Wildman–Crippen MR) is 178 cm³/mol. The summed E-state index contributed by atoms with van der Waals surface area (Å²) in [5.74, 6) is -1.70. The van der Waals surface area contributed by atoms with E-state index in [0.717, 1.165) is 51.0 Å². The zero-order chi connectivity index (χ0) is 35.0. The van der Waals surface area contributed by atoms with Gasteiger partial charge in [-0.05, 0) is 84.6 Å². The summed E-state index contributed by atoms with van der Waals surface area (Å²) in [5.41, 5.74) is 13.9. The highest BCUT2D eigenvalue weighted by Crippen LogP contribution is 2.35. The van der Waals surface area contributed by atoms with Gasteiger partial charge in [0.2, 0.25) is 0 Å². The molecule has 12 heteroatoms. The van der Waals surface area contributed by atoms with Crippen molar-refractivity contribution in [3.63, 3.8) is 0 Å². The van der Waals surface area contributed by atoms with Crippen molar-refractivity contribution in [2.75, 3.05) is 6.61 Å². The third-order valence-corrected chi connectivity index (χ3v) is 7.39. The van der Waals surface area contributed by atoms with Crippen LogP contribution in [0.15, 0.2) is 109 Å². The van der Waals surface area contributed by atoms with E-state index in [1.165, 1.54) is 17.7 Å². The standard InChI is InChI=1S/C35H31FN4O2.C2HF3O2/c1-23-32-18-27(12-15-34(32)40-39-23)33-19-31(42-22-29(37)17-24-6-3-2-4-7-24)20-38-35(33)26-10-13-30(14-11-26)41-21-25-8-5-9-28(36)16-25;3-2(4,5)1(6)7/h2-16,18-20,29H,17,21-22,37H2,1H3,(H,39,40);(H,6,7)/t29-;/m0./s1. The molecule has 0 spiro atoms. The van der Waals surface area contributed by atoms with E-state index in [1.54, 1.807) is 12.3 Å². The second kappa shape index (κ2) is 15.4. The number of nitrogens with one attached hydrogen (secondary N) is 1. The number of aryl methyl sites for hydroxylation is 1. The van der Waals surface area contributed by atoms with Crippen LogP contribution in [0.4, 0.5) is 17.6 Å². The molecule has 0 aliphatic heterocycles. The van der Waals surface area contributed by atoms with Gasteiger partial charge in [-0.3, -0.25) is 10.1 Å². The average Bonchev–Trinajstić information content (AvgIpc) is 3.46. The van der Waals surface area contributed by atoms with Crippen LogP contribution in [0.5, 0.6) is 11.5 Å². The number of hydrogen-bond acceptors (Lipinski definition) is 6. The number of carboxylic acids is 1. The first-order valence-electron chi connectivity index (χ1n) is 15.1. The van der Waals surface area contributed by atoms with Crippen LogP contribution in [0.25, 0.3) is 33.3 Å². The molecule has 0 saturated carbocycles. The van der Waals surface area contributed by atoms with E-state index in [0.29, 0.717) is 18.1 Å². The lowest BCUT2D eigenvalue weighted by atomic mass is 9.97. The lowest BCUT2D eigenvalue weighted by Crippen LogP contribution is -2.30. The van der Waals surface area contributed by atoms with Crippen LogP contribution < -0.4 is 15.2 Å². The van der Waals surface area contributed by atoms with Crippen LogP contribution in [-0.2, 0) is 17.8 Å². The third-order valence-electron chi connectivity index (χ3n) is 7.39. The summed E-state index contributed by atoms with van der Waals surface area (Å²) in [5, 5.41) is 15.6. The first kappa shape index (κ1) is 34.6. The zero-order valence-corrected chi connectivity index (χ0v) is 26.2. The number of hydrogen-bond donors (Lipinski definition) is 3. The fourth-order valence-corrected chi connectivity index (χ4v) is 4.96. The summed E-state index contributed by atoms with van der Waals surface area (Å²) in [7, 11) is 0. The molecule has 0 saturated heterocycles. The van der Waals surface area contributed by atoms with Crippen molar-refractivity contribution >= 4 is 16.9 Å². The second-order valence-corrected chi connectivity index (χ2v) is 11.2. The van der Waals surface area contributed by atoms with Gasteiger partial charge in [-0.1, -0.05) is 48.5 Å². The summed E-state index contributed by atoms with van der Waals surface area (Å²) in [6, 6.07) is 32.4. The number of H-pyrrole nitrogens is 1. The predicted octanol–water partition coefficient (Wildman–Crippen LogP) is 7.90. The van der Waals surface area contributed by atoms with E-state index in [1.807, 2.05) is 73.7 Å². The molecule has 49 heavy (non-hydrogen) atoms. The molecular weight excluding hydrogens is 640 g/mol. The minimum atomic E-state index is -5.08. The molecular formula is C37H32F4N4O4. The summed E-state index contributed by atoms with van der Waals surface area (Å²) >= 11 is 0. The largest absolute Gasteiger partial charge is 0.490 e. The maximum absolute atomic E-state index is 13.5. The Kier molecular flexibility index (Phi) is 10.9. The van der Waals surface area contributed by atoms with E-state index in [9.17, 15) is 17.6 Å². The van der Waals surface area contributed by atoms with Crippen LogP contribution >= 0.6 is 0 Å². The highest BCUT2D eigenvalue weighted by atomic mass is 19.4. The van der Waals surface area contributed by atoms with Gasteiger partial charge in [0.15, 0.2) is 0 Å². The molecule has 8 nitrogen and oxygen atoms in total. The van der Waals surface area contributed by atoms with Crippen molar-refractivity contribution in [2.45, 2.75) is 32.2 Å². The SMILES string of the molecule is Cc1[nH]nc2ccc(-c3cc(OC[C@@H](N)Cc4ccccc4)cnc3-c3ccc(OCc4cccc(F)c4)cc3)cc12.O=C(O)C(F)(F)F. The minimum Gasteiger partial charge on any atom is -0.490 e. The normalized spacial score (nSPS) is 11.8. The van der Waals surface area contributed by atoms with Crippen molar-refractivity contribution in [1.82, 2.24) is 15.2 Å². The van der Waals surface area contributed by atoms with Gasteiger partial charge in [0.1, 0.15) is 30.5 Å². The molecule has 252 valence electrons. The van der Waals surface area contributed by atoms with Gasteiger partial charge in [0, 0.05) is 28.2 Å². The molecule has 0 fully saturated rings. The quantitative estimate of drug-likeness (QED) is 0.126. The number of halogens is 4. The van der Waals surface area contributed by atoms with Gasteiger partial charge in [-0.15, -0.1) is 0 Å². The Morgan fingerprint density at radius 2 is 1.57 bits per heavy atom. The molecule has 6 aromatic rings. The maximum Gasteiger partial charge on any atom is 0.490 e. The van der Waals surface area contributed by atoms with Crippen molar-refractivity contribution in [3.05, 3.63) is 132 Å². The van der Waals surface area contributed by atoms with Gasteiger partial charge < -0.3 is 20.3 Å². The first-order valence-corrected chi connectivity index (χ1v) is 15.1. The smallest absolute Gasteiger partial charge is 0.490 e. The monoisotopic (exact) mass is 672 g/mol. The number of alkyl halides is 3. The van der Waals surface area contributed by atoms with Gasteiger partial charge in [-0.25, -0.2) is 9.18 Å². The van der Waals surface area contributed by atoms with Crippen LogP contribution in [0.3, 0.4) is 0 Å². The van der Waals surface area contributed by atoms with Gasteiger partial charge in [0.25, 0.3) is 0 Å². The Labute approximate surface area is 279 Å². The molecule has 0 aliphatic rings. The zero-order valence-electron chi connectivity index (χ0n) is 26.2. The number of carboxylic acid groups (broad SMARTS) is 1. The number of rotatable bonds is 10. The number of pyridine rings is 1. The number of aromatic amines is 1. The van der Waals surface area contributed by atoms with Crippen LogP contribution in [0.1, 0.15) is 16.8 Å². The molecule has 0 unspecified atom stereocenters. The highest BCUT2D eigenvalue weighted by molar-refractivity contribution is 5.90. The number of aliphatic carboxylic acids is 1. The Morgan fingerprint density at radius 1 is 0.878 bits per heavy atom. The Balaban J connectivity index is 0.000000606. The Hall–Kier alpha value is -5.75. The molecule has 0 radical (unpaired) electrons. The van der Waals surface area contributed by atoms with Gasteiger partial charge in [0.05, 0.1) is 17.4 Å². The maximum atomic E-state index is 13.5. The van der Waals surface area contributed by atoms with Crippen molar-refractivity contribution < 1.29 is 36.9 Å². The van der Waals surface area contributed by atoms with Crippen LogP contribution in [-0.4, -0.2) is 45.1 Å². The van der Waals surface area contributed by atoms with Crippen molar-refractivity contribution in [2.24, 2.45) is 5.73 Å². The van der Waals surface area contributed by atoms with Gasteiger partial charge in [-0.2, -0.15) is 18.3 Å². The molecule has 0 aliphatic carbocycles. The minimum absolute atomic E-state index is 0.152. The second-order valence-electron chi connectivity index (χ2n) is 11.2. The molecule has 4 aromatic carbocycles. The Morgan fingerprint density at radius 3 is 2.27 bits per heavy atom. The van der Waals surface area contributed by atoms with E-state index < -0.39 is 12.1 Å². The Bertz CT molecular complexity index is 2020. The summed E-state index contributed by atoms with van der Waals surface area (Å²) in [6.07, 6.45) is -2.62. The molecule has 2 heterocycles. The van der Waals surface area contributed by atoms with E-state index in [2.05, 4.69) is 28.4 Å². The molecule has 2 aromatic heterocycles. The number of fused-ring (bicyclic) bond motifs is 1. The third kappa shape index (κ3) is 9.42. The number of nitrogens with two attached hydrogens (primary N) is 1. The number of ether oxygens (including phenoxy) is 2. The summed E-state index contributed by atoms with van der Waals surface area (Å²) in [4.78, 5) is 13.7. The van der Waals surface area contributed by atoms with E-state index in [-0.39, 0.29) is 18.5 Å². The molecule has 0 bridgehead atoms. The van der Waals surface area contributed by atoms with E-state index in [4.69, 9.17) is 30.1 Å². The fraction of sp³-hybridized carbons (Fsp3) is 0.162. The highest BCUT2D eigenvalue weighted by Gasteiger charge is 2.38. The summed E-state index contributed by atoms with van der Waals surface area (Å²) in [6.45, 7) is 2.66. The van der Waals surface area contributed by atoms with Crippen molar-refractivity contribution in [3.8, 4) is 33.9 Å². The first-order chi connectivity index (χ1) is 23.5. The number of aromatic nitrogens is 3. The number of benzene rings is 4. The topological polar surface area (TPSA) is 123 Å². The molecule has 4 N–H and O–H groups in total.